The molecule has 1 N–H and O–H groups in total. The fourth-order valence-corrected chi connectivity index (χ4v) is 6.70. The third-order valence-electron chi connectivity index (χ3n) is 6.92. The highest BCUT2D eigenvalue weighted by molar-refractivity contribution is 7.91. The van der Waals surface area contributed by atoms with Gasteiger partial charge in [-0.1, -0.05) is 17.7 Å². The van der Waals surface area contributed by atoms with Gasteiger partial charge in [-0.2, -0.15) is 0 Å². The topological polar surface area (TPSA) is 72.5 Å². The first kappa shape index (κ1) is 23.2. The third kappa shape index (κ3) is 5.50. The maximum Gasteiger partial charge on any atom is 0.228 e. The van der Waals surface area contributed by atoms with Gasteiger partial charge < -0.3 is 14.5 Å². The molecule has 2 aliphatic heterocycles. The Bertz CT molecular complexity index is 997. The van der Waals surface area contributed by atoms with Gasteiger partial charge >= 0.3 is 0 Å². The highest BCUT2D eigenvalue weighted by Gasteiger charge is 2.36. The molecule has 0 aromatic heterocycles. The van der Waals surface area contributed by atoms with Crippen LogP contribution in [0.4, 0.5) is 0 Å². The molecule has 1 atom stereocenters. The number of ketones is 1. The van der Waals surface area contributed by atoms with E-state index >= 15 is 0 Å². The average Bonchev–Trinajstić information content (AvgIpc) is 3.30. The molecule has 32 heavy (non-hydrogen) atoms. The van der Waals surface area contributed by atoms with Crippen molar-refractivity contribution >= 4 is 15.6 Å². The molecule has 1 aromatic carbocycles. The summed E-state index contributed by atoms with van der Waals surface area (Å²) in [5.41, 5.74) is 1.92. The standard InChI is InChI=1S/C25H35N2O4S/c1-19-8-10-23(11-9-19)32(29,30)18-27(2)15-12-21(13-16-27)31-22-6-3-5-20(17-22)25(28)24-7-4-14-26-24/h6,8-11,17,21,24,26H,3-5,7,12-16,18H2,1-2H3/q+1/t21?,24-,27?/m0/s1. The minimum absolute atomic E-state index is 0.0382. The van der Waals surface area contributed by atoms with Gasteiger partial charge in [0.15, 0.2) is 11.7 Å². The van der Waals surface area contributed by atoms with Crippen LogP contribution in [0.25, 0.3) is 0 Å². The quantitative estimate of drug-likeness (QED) is 0.634. The van der Waals surface area contributed by atoms with E-state index in [1.54, 1.807) is 12.1 Å². The molecule has 2 fully saturated rings. The maximum absolute atomic E-state index is 12.9. The average molecular weight is 460 g/mol. The van der Waals surface area contributed by atoms with Gasteiger partial charge in [-0.05, 0) is 63.4 Å². The summed E-state index contributed by atoms with van der Waals surface area (Å²) >= 11 is 0. The SMILES string of the molecule is Cc1ccc(S(=O)(=O)C[N+]2(C)CCC(OC3=CCCC(C(=O)[C@@H]4CCCN4)=C3)CC2)cc1. The normalized spacial score (nSPS) is 28.7. The van der Waals surface area contributed by atoms with Crippen molar-refractivity contribution in [1.82, 2.24) is 5.32 Å². The summed E-state index contributed by atoms with van der Waals surface area (Å²) in [5.74, 6) is 1.12. The fourth-order valence-electron chi connectivity index (χ4n) is 4.92. The number of likely N-dealkylation sites (tertiary alicyclic amines) is 1. The van der Waals surface area contributed by atoms with Crippen molar-refractivity contribution in [3.8, 4) is 0 Å². The number of quaternary nitrogens is 1. The Kier molecular flexibility index (Phi) is 6.89. The van der Waals surface area contributed by atoms with Gasteiger partial charge in [0.25, 0.3) is 0 Å². The molecule has 0 unspecified atom stereocenters. The van der Waals surface area contributed by atoms with E-state index in [-0.39, 0.29) is 23.8 Å². The van der Waals surface area contributed by atoms with E-state index in [0.717, 1.165) is 75.1 Å². The highest BCUT2D eigenvalue weighted by Crippen LogP contribution is 2.28. The monoisotopic (exact) mass is 459 g/mol. The largest absolute Gasteiger partial charge is 0.490 e. The second kappa shape index (κ2) is 9.49. The fraction of sp³-hybridized carbons (Fsp3) is 0.560. The van der Waals surface area contributed by atoms with Crippen LogP contribution in [-0.4, -0.2) is 63.4 Å². The van der Waals surface area contributed by atoms with Crippen molar-refractivity contribution in [3.63, 3.8) is 0 Å². The number of rotatable bonds is 7. The first-order chi connectivity index (χ1) is 15.2. The molecular weight excluding hydrogens is 424 g/mol. The highest BCUT2D eigenvalue weighted by atomic mass is 32.2. The van der Waals surface area contributed by atoms with Gasteiger partial charge in [0, 0.05) is 18.4 Å². The molecule has 1 aromatic rings. The lowest BCUT2D eigenvalue weighted by Gasteiger charge is -2.40. The van der Waals surface area contributed by atoms with Crippen molar-refractivity contribution in [1.29, 1.82) is 0 Å². The van der Waals surface area contributed by atoms with Crippen LogP contribution in [0.1, 0.15) is 44.1 Å². The molecule has 0 radical (unpaired) electrons. The Balaban J connectivity index is 1.32. The number of allylic oxidation sites excluding steroid dienone is 2. The van der Waals surface area contributed by atoms with Crippen LogP contribution in [0.3, 0.4) is 0 Å². The van der Waals surface area contributed by atoms with E-state index in [2.05, 4.69) is 11.4 Å². The zero-order chi connectivity index (χ0) is 22.8. The Morgan fingerprint density at radius 1 is 1.16 bits per heavy atom. The zero-order valence-electron chi connectivity index (χ0n) is 19.2. The van der Waals surface area contributed by atoms with Gasteiger partial charge in [-0.25, -0.2) is 8.42 Å². The Morgan fingerprint density at radius 2 is 1.88 bits per heavy atom. The number of carbonyl (C=O) groups excluding carboxylic acids is 1. The number of benzene rings is 1. The van der Waals surface area contributed by atoms with Crippen LogP contribution < -0.4 is 5.32 Å². The lowest BCUT2D eigenvalue weighted by molar-refractivity contribution is -0.903. The number of hydrogen-bond acceptors (Lipinski definition) is 5. The number of carbonyl (C=O) groups is 1. The minimum Gasteiger partial charge on any atom is -0.490 e. The summed E-state index contributed by atoms with van der Waals surface area (Å²) in [6, 6.07) is 7.06. The first-order valence-corrected chi connectivity index (χ1v) is 13.4. The molecule has 2 saturated heterocycles. The number of hydrogen-bond donors (Lipinski definition) is 1. The molecule has 0 spiro atoms. The number of piperidine rings is 1. The van der Waals surface area contributed by atoms with E-state index in [4.69, 9.17) is 4.74 Å². The van der Waals surface area contributed by atoms with E-state index in [9.17, 15) is 13.2 Å². The van der Waals surface area contributed by atoms with E-state index in [1.807, 2.05) is 32.2 Å². The molecule has 3 aliphatic rings. The summed E-state index contributed by atoms with van der Waals surface area (Å²) in [6.07, 6.45) is 9.25. The smallest absolute Gasteiger partial charge is 0.228 e. The van der Waals surface area contributed by atoms with Gasteiger partial charge in [-0.15, -0.1) is 0 Å². The maximum atomic E-state index is 12.9. The number of sulfone groups is 1. The third-order valence-corrected chi connectivity index (χ3v) is 8.87. The van der Waals surface area contributed by atoms with Crippen LogP contribution in [0.15, 0.2) is 52.6 Å². The van der Waals surface area contributed by atoms with Crippen LogP contribution in [0.2, 0.25) is 0 Å². The molecule has 174 valence electrons. The summed E-state index contributed by atoms with van der Waals surface area (Å²) in [7, 11) is -1.32. The number of aryl methyl sites for hydroxylation is 1. The van der Waals surface area contributed by atoms with Crippen LogP contribution in [0.5, 0.6) is 0 Å². The van der Waals surface area contributed by atoms with E-state index < -0.39 is 9.84 Å². The number of nitrogens with one attached hydrogen (secondary N) is 1. The molecular formula is C25H35N2O4S+. The van der Waals surface area contributed by atoms with Crippen molar-refractivity contribution in [2.45, 2.75) is 62.5 Å². The molecule has 7 heteroatoms. The summed E-state index contributed by atoms with van der Waals surface area (Å²) in [6.45, 7) is 4.38. The van der Waals surface area contributed by atoms with Crippen LogP contribution in [0, 0.1) is 6.92 Å². The predicted molar refractivity (Wildman–Crippen MR) is 125 cm³/mol. The molecule has 1 aliphatic carbocycles. The molecule has 2 heterocycles. The molecule has 0 bridgehead atoms. The minimum atomic E-state index is -3.34. The van der Waals surface area contributed by atoms with Gasteiger partial charge in [0.05, 0.1) is 31.1 Å². The van der Waals surface area contributed by atoms with Gasteiger partial charge in [0.2, 0.25) is 9.84 Å². The predicted octanol–water partition coefficient (Wildman–Crippen LogP) is 3.28. The van der Waals surface area contributed by atoms with E-state index in [0.29, 0.717) is 9.38 Å². The van der Waals surface area contributed by atoms with Crippen molar-refractivity contribution < 1.29 is 22.4 Å². The van der Waals surface area contributed by atoms with Gasteiger partial charge in [0.1, 0.15) is 11.9 Å². The molecule has 4 rings (SSSR count). The number of Topliss-reactive ketones (excluding diaryl/α,β-unsaturated/α-hetero) is 1. The van der Waals surface area contributed by atoms with Crippen LogP contribution in [-0.2, 0) is 19.4 Å². The van der Waals surface area contributed by atoms with E-state index in [1.165, 1.54) is 0 Å². The summed E-state index contributed by atoms with van der Waals surface area (Å²) in [4.78, 5) is 13.1. The molecule has 0 amide bonds. The zero-order valence-corrected chi connectivity index (χ0v) is 20.0. The summed E-state index contributed by atoms with van der Waals surface area (Å²) < 4.78 is 32.6. The number of ether oxygens (including phenoxy) is 1. The summed E-state index contributed by atoms with van der Waals surface area (Å²) in [5, 5.41) is 3.29. The Morgan fingerprint density at radius 3 is 2.53 bits per heavy atom. The lowest BCUT2D eigenvalue weighted by atomic mass is 9.95. The second-order valence-electron chi connectivity index (χ2n) is 9.77. The van der Waals surface area contributed by atoms with Gasteiger partial charge in [-0.3, -0.25) is 4.79 Å². The molecule has 6 nitrogen and oxygen atoms in total. The lowest BCUT2D eigenvalue weighted by Crippen LogP contribution is -2.53. The Labute approximate surface area is 191 Å². The van der Waals surface area contributed by atoms with Crippen molar-refractivity contribution in [2.75, 3.05) is 32.6 Å². The Hall–Kier alpha value is -1.96. The van der Waals surface area contributed by atoms with Crippen molar-refractivity contribution in [3.05, 3.63) is 53.3 Å². The van der Waals surface area contributed by atoms with Crippen molar-refractivity contribution in [2.24, 2.45) is 0 Å². The van der Waals surface area contributed by atoms with Crippen LogP contribution >= 0.6 is 0 Å². The number of nitrogens with zero attached hydrogens (tertiary/aromatic N) is 1. The first-order valence-electron chi connectivity index (χ1n) is 11.7. The second-order valence-corrected chi connectivity index (χ2v) is 11.7. The molecule has 0 saturated carbocycles.